The number of carbonyl (C=O) groups excluding carboxylic acids is 2. The molecule has 3 aromatic carbocycles. The van der Waals surface area contributed by atoms with Gasteiger partial charge in [0.1, 0.15) is 5.75 Å². The van der Waals surface area contributed by atoms with Crippen molar-refractivity contribution in [1.82, 2.24) is 0 Å². The number of benzene rings is 3. The van der Waals surface area contributed by atoms with Crippen LogP contribution in [0, 0.1) is 3.57 Å². The standard InChI is InChI=1S/C21H16INO4/c22-17-11-5-4-10-16(17)21(25)26-14-20(24)23-18-12-6-7-13-19(18)27-15-8-2-1-3-9-15/h1-13H,14H2,(H,23,24). The highest BCUT2D eigenvalue weighted by Gasteiger charge is 2.14. The summed E-state index contributed by atoms with van der Waals surface area (Å²) in [6.45, 7) is -0.385. The van der Waals surface area contributed by atoms with E-state index in [2.05, 4.69) is 5.32 Å². The molecular formula is C21H16INO4. The fourth-order valence-corrected chi connectivity index (χ4v) is 2.90. The van der Waals surface area contributed by atoms with E-state index >= 15 is 0 Å². The van der Waals surface area contributed by atoms with Crippen LogP contribution in [0.1, 0.15) is 10.4 Å². The van der Waals surface area contributed by atoms with E-state index in [0.717, 1.165) is 3.57 Å². The van der Waals surface area contributed by atoms with Crippen molar-refractivity contribution in [3.05, 3.63) is 88.0 Å². The summed E-state index contributed by atoms with van der Waals surface area (Å²) in [5.41, 5.74) is 0.926. The minimum Gasteiger partial charge on any atom is -0.455 e. The van der Waals surface area contributed by atoms with Gasteiger partial charge in [0.15, 0.2) is 12.4 Å². The topological polar surface area (TPSA) is 64.6 Å². The second-order valence-electron chi connectivity index (χ2n) is 5.52. The molecule has 0 aliphatic carbocycles. The first-order valence-corrected chi connectivity index (χ1v) is 9.25. The van der Waals surface area contributed by atoms with Crippen molar-refractivity contribution in [3.8, 4) is 11.5 Å². The molecule has 0 atom stereocenters. The molecule has 6 heteroatoms. The smallest absolute Gasteiger partial charge is 0.339 e. The quantitative estimate of drug-likeness (QED) is 0.410. The minimum absolute atomic E-state index is 0.385. The molecule has 0 aromatic heterocycles. The van der Waals surface area contributed by atoms with Gasteiger partial charge in [0.2, 0.25) is 0 Å². The number of amides is 1. The SMILES string of the molecule is O=C(COC(=O)c1ccccc1I)Nc1ccccc1Oc1ccccc1. The summed E-state index contributed by atoms with van der Waals surface area (Å²) < 4.78 is 11.7. The van der Waals surface area contributed by atoms with Gasteiger partial charge >= 0.3 is 5.97 Å². The third-order valence-corrected chi connectivity index (χ3v) is 4.50. The Hall–Kier alpha value is -2.87. The summed E-state index contributed by atoms with van der Waals surface area (Å²) in [4.78, 5) is 24.3. The van der Waals surface area contributed by atoms with Crippen LogP contribution in [0.15, 0.2) is 78.9 Å². The molecule has 0 unspecified atom stereocenters. The van der Waals surface area contributed by atoms with Crippen molar-refractivity contribution in [2.24, 2.45) is 0 Å². The van der Waals surface area contributed by atoms with Gasteiger partial charge in [0.05, 0.1) is 11.3 Å². The fourth-order valence-electron chi connectivity index (χ4n) is 2.30. The Morgan fingerprint density at radius 3 is 2.30 bits per heavy atom. The molecule has 0 saturated heterocycles. The third-order valence-electron chi connectivity index (χ3n) is 3.56. The lowest BCUT2D eigenvalue weighted by Gasteiger charge is -2.12. The zero-order chi connectivity index (χ0) is 19.1. The predicted molar refractivity (Wildman–Crippen MR) is 111 cm³/mol. The molecule has 3 rings (SSSR count). The minimum atomic E-state index is -0.538. The van der Waals surface area contributed by atoms with Gasteiger partial charge in [-0.15, -0.1) is 0 Å². The summed E-state index contributed by atoms with van der Waals surface area (Å²) in [5, 5.41) is 2.71. The Balaban J connectivity index is 1.61. The number of hydrogen-bond acceptors (Lipinski definition) is 4. The van der Waals surface area contributed by atoms with E-state index < -0.39 is 11.9 Å². The molecule has 0 aliphatic heterocycles. The van der Waals surface area contributed by atoms with Crippen LogP contribution in [-0.4, -0.2) is 18.5 Å². The lowest BCUT2D eigenvalue weighted by molar-refractivity contribution is -0.119. The summed E-state index contributed by atoms with van der Waals surface area (Å²) in [6, 6.07) is 23.4. The molecule has 5 nitrogen and oxygen atoms in total. The summed E-state index contributed by atoms with van der Waals surface area (Å²) in [5.74, 6) is 0.174. The number of carbonyl (C=O) groups is 2. The van der Waals surface area contributed by atoms with Crippen LogP contribution in [-0.2, 0) is 9.53 Å². The normalized spacial score (nSPS) is 10.1. The number of halogens is 1. The van der Waals surface area contributed by atoms with Crippen LogP contribution in [0.25, 0.3) is 0 Å². The number of esters is 1. The molecule has 0 saturated carbocycles. The molecule has 0 aliphatic rings. The van der Waals surface area contributed by atoms with Crippen LogP contribution in [0.3, 0.4) is 0 Å². The highest BCUT2D eigenvalue weighted by atomic mass is 127. The Morgan fingerprint density at radius 2 is 1.52 bits per heavy atom. The van der Waals surface area contributed by atoms with Gasteiger partial charge in [-0.25, -0.2) is 4.79 Å². The largest absolute Gasteiger partial charge is 0.455 e. The summed E-state index contributed by atoms with van der Waals surface area (Å²) in [7, 11) is 0. The maximum atomic E-state index is 12.2. The Bertz CT molecular complexity index is 944. The number of para-hydroxylation sites is 3. The average molecular weight is 473 g/mol. The summed E-state index contributed by atoms with van der Waals surface area (Å²) in [6.07, 6.45) is 0. The van der Waals surface area contributed by atoms with Gasteiger partial charge in [-0.1, -0.05) is 42.5 Å². The van der Waals surface area contributed by atoms with Gasteiger partial charge in [-0.3, -0.25) is 4.79 Å². The van der Waals surface area contributed by atoms with Gasteiger partial charge in [0.25, 0.3) is 5.91 Å². The number of hydrogen-bond donors (Lipinski definition) is 1. The number of anilines is 1. The van der Waals surface area contributed by atoms with Crippen molar-refractivity contribution in [3.63, 3.8) is 0 Å². The van der Waals surface area contributed by atoms with E-state index in [4.69, 9.17) is 9.47 Å². The molecule has 0 bridgehead atoms. The van der Waals surface area contributed by atoms with E-state index in [-0.39, 0.29) is 6.61 Å². The third kappa shape index (κ3) is 5.30. The van der Waals surface area contributed by atoms with Crippen LogP contribution < -0.4 is 10.1 Å². The molecule has 0 fully saturated rings. The Labute approximate surface area is 170 Å². The molecule has 27 heavy (non-hydrogen) atoms. The van der Waals surface area contributed by atoms with Crippen molar-refractivity contribution in [2.45, 2.75) is 0 Å². The molecule has 1 amide bonds. The van der Waals surface area contributed by atoms with Crippen LogP contribution in [0.5, 0.6) is 11.5 Å². The molecule has 136 valence electrons. The highest BCUT2D eigenvalue weighted by Crippen LogP contribution is 2.29. The Morgan fingerprint density at radius 1 is 0.852 bits per heavy atom. The fraction of sp³-hybridized carbons (Fsp3) is 0.0476. The van der Waals surface area contributed by atoms with Crippen molar-refractivity contribution in [1.29, 1.82) is 0 Å². The zero-order valence-corrected chi connectivity index (χ0v) is 16.4. The maximum Gasteiger partial charge on any atom is 0.339 e. The van der Waals surface area contributed by atoms with E-state index in [1.807, 2.05) is 65.1 Å². The molecule has 0 spiro atoms. The molecule has 0 heterocycles. The molecule has 0 radical (unpaired) electrons. The van der Waals surface area contributed by atoms with Gasteiger partial charge in [0, 0.05) is 3.57 Å². The van der Waals surface area contributed by atoms with Crippen molar-refractivity contribution in [2.75, 3.05) is 11.9 Å². The van der Waals surface area contributed by atoms with Gasteiger partial charge in [-0.05, 0) is 59.0 Å². The van der Waals surface area contributed by atoms with E-state index in [9.17, 15) is 9.59 Å². The zero-order valence-electron chi connectivity index (χ0n) is 14.2. The van der Waals surface area contributed by atoms with Gasteiger partial charge < -0.3 is 14.8 Å². The first-order valence-electron chi connectivity index (χ1n) is 8.17. The van der Waals surface area contributed by atoms with Crippen molar-refractivity contribution >= 4 is 40.2 Å². The molecule has 1 N–H and O–H groups in total. The average Bonchev–Trinajstić information content (AvgIpc) is 2.69. The monoisotopic (exact) mass is 473 g/mol. The predicted octanol–water partition coefficient (Wildman–Crippen LogP) is 4.88. The first kappa shape index (κ1) is 18.9. The second-order valence-corrected chi connectivity index (χ2v) is 6.68. The second kappa shape index (κ2) is 9.18. The highest BCUT2D eigenvalue weighted by molar-refractivity contribution is 14.1. The lowest BCUT2D eigenvalue weighted by Crippen LogP contribution is -2.21. The molecule has 3 aromatic rings. The van der Waals surface area contributed by atoms with Crippen LogP contribution in [0.4, 0.5) is 5.69 Å². The van der Waals surface area contributed by atoms with E-state index in [1.54, 1.807) is 36.4 Å². The Kier molecular flexibility index (Phi) is 6.43. The molecular weight excluding hydrogens is 457 g/mol. The summed E-state index contributed by atoms with van der Waals surface area (Å²) >= 11 is 2.05. The van der Waals surface area contributed by atoms with Gasteiger partial charge in [-0.2, -0.15) is 0 Å². The number of ether oxygens (including phenoxy) is 2. The van der Waals surface area contributed by atoms with Crippen molar-refractivity contribution < 1.29 is 19.1 Å². The van der Waals surface area contributed by atoms with E-state index in [1.165, 1.54) is 0 Å². The van der Waals surface area contributed by atoms with Crippen LogP contribution in [0.2, 0.25) is 0 Å². The number of rotatable bonds is 6. The van der Waals surface area contributed by atoms with Crippen LogP contribution >= 0.6 is 22.6 Å². The maximum absolute atomic E-state index is 12.2. The number of nitrogens with one attached hydrogen (secondary N) is 1. The first-order chi connectivity index (χ1) is 13.1. The lowest BCUT2D eigenvalue weighted by atomic mass is 10.2. The van der Waals surface area contributed by atoms with E-state index in [0.29, 0.717) is 22.7 Å².